The zero-order chi connectivity index (χ0) is 15.7. The van der Waals surface area contributed by atoms with Crippen molar-refractivity contribution < 1.29 is 0 Å². The molecule has 22 heavy (non-hydrogen) atoms. The fourth-order valence-electron chi connectivity index (χ4n) is 2.31. The minimum atomic E-state index is 0.389. The quantitative estimate of drug-likeness (QED) is 0.801. The molecule has 0 aliphatic heterocycles. The molecule has 1 N–H and O–H groups in total. The summed E-state index contributed by atoms with van der Waals surface area (Å²) < 4.78 is 2.17. The lowest BCUT2D eigenvalue weighted by molar-refractivity contribution is 0.617. The smallest absolute Gasteiger partial charge is 0.243 e. The molecule has 0 amide bonds. The number of nitrogens with zero attached hydrogens (tertiary/aromatic N) is 5. The average Bonchev–Trinajstić information content (AvgIpc) is 2.91. The van der Waals surface area contributed by atoms with E-state index in [0.29, 0.717) is 18.5 Å². The Morgan fingerprint density at radius 3 is 2.68 bits per heavy atom. The van der Waals surface area contributed by atoms with Gasteiger partial charge in [-0.25, -0.2) is 9.97 Å². The highest BCUT2D eigenvalue weighted by atomic mass is 15.2. The Kier molecular flexibility index (Phi) is 3.75. The first-order valence-corrected chi connectivity index (χ1v) is 7.42. The van der Waals surface area contributed by atoms with Crippen LogP contribution in [0.25, 0.3) is 11.0 Å². The standard InChI is InChI=1S/C16H20N6/c1-10(2)22-9-18-14-6-5-13(7-15(14)22)8-17-16-19-11(3)12(4)20-21-16/h5-7,9-10H,8H2,1-4H3,(H,17,19,21). The maximum atomic E-state index is 4.43. The van der Waals surface area contributed by atoms with Gasteiger partial charge in [0.1, 0.15) is 0 Å². The number of hydrogen-bond donors (Lipinski definition) is 1. The van der Waals surface area contributed by atoms with Crippen LogP contribution in [0.1, 0.15) is 36.8 Å². The highest BCUT2D eigenvalue weighted by Gasteiger charge is 2.07. The molecule has 6 nitrogen and oxygen atoms in total. The molecule has 0 atom stereocenters. The van der Waals surface area contributed by atoms with E-state index in [1.807, 2.05) is 26.2 Å². The molecule has 0 radical (unpaired) electrons. The van der Waals surface area contributed by atoms with E-state index in [1.165, 1.54) is 0 Å². The summed E-state index contributed by atoms with van der Waals surface area (Å²) >= 11 is 0. The van der Waals surface area contributed by atoms with Crippen molar-refractivity contribution in [1.82, 2.24) is 24.7 Å². The molecule has 0 saturated carbocycles. The fourth-order valence-corrected chi connectivity index (χ4v) is 2.31. The van der Waals surface area contributed by atoms with Crippen molar-refractivity contribution in [1.29, 1.82) is 0 Å². The number of imidazole rings is 1. The zero-order valence-corrected chi connectivity index (χ0v) is 13.3. The van der Waals surface area contributed by atoms with Crippen molar-refractivity contribution in [3.05, 3.63) is 41.5 Å². The molecule has 3 aromatic rings. The summed E-state index contributed by atoms with van der Waals surface area (Å²) in [7, 11) is 0. The molecule has 0 unspecified atom stereocenters. The zero-order valence-electron chi connectivity index (χ0n) is 13.3. The van der Waals surface area contributed by atoms with Gasteiger partial charge in [0.25, 0.3) is 0 Å². The molecule has 1 aromatic carbocycles. The summed E-state index contributed by atoms with van der Waals surface area (Å²) in [6.45, 7) is 8.80. The Morgan fingerprint density at radius 2 is 1.95 bits per heavy atom. The van der Waals surface area contributed by atoms with Gasteiger partial charge in [-0.05, 0) is 45.4 Å². The van der Waals surface area contributed by atoms with Crippen LogP contribution >= 0.6 is 0 Å². The maximum absolute atomic E-state index is 4.43. The van der Waals surface area contributed by atoms with Gasteiger partial charge in [-0.15, -0.1) is 5.10 Å². The summed E-state index contributed by atoms with van der Waals surface area (Å²) in [5, 5.41) is 11.4. The van der Waals surface area contributed by atoms with Crippen LogP contribution in [0.3, 0.4) is 0 Å². The average molecular weight is 296 g/mol. The molecular formula is C16H20N6. The Morgan fingerprint density at radius 1 is 1.14 bits per heavy atom. The summed E-state index contributed by atoms with van der Waals surface area (Å²) in [4.78, 5) is 8.81. The molecule has 0 aliphatic carbocycles. The second-order valence-corrected chi connectivity index (χ2v) is 5.73. The molecule has 3 rings (SSSR count). The van der Waals surface area contributed by atoms with Gasteiger partial charge in [-0.2, -0.15) is 5.10 Å². The van der Waals surface area contributed by atoms with Crippen molar-refractivity contribution in [2.45, 2.75) is 40.3 Å². The number of hydrogen-bond acceptors (Lipinski definition) is 5. The van der Waals surface area contributed by atoms with Crippen LogP contribution in [0, 0.1) is 13.8 Å². The molecule has 0 saturated heterocycles. The van der Waals surface area contributed by atoms with Crippen LogP contribution in [-0.2, 0) is 6.54 Å². The first-order chi connectivity index (χ1) is 10.5. The second-order valence-electron chi connectivity index (χ2n) is 5.73. The summed E-state index contributed by atoms with van der Waals surface area (Å²) in [6.07, 6.45) is 1.89. The molecule has 0 fully saturated rings. The van der Waals surface area contributed by atoms with Gasteiger partial charge in [-0.3, -0.25) is 0 Å². The third-order valence-electron chi connectivity index (χ3n) is 3.74. The molecule has 0 aliphatic rings. The lowest BCUT2D eigenvalue weighted by atomic mass is 10.2. The predicted octanol–water partition coefficient (Wildman–Crippen LogP) is 3.03. The van der Waals surface area contributed by atoms with Gasteiger partial charge in [0.05, 0.1) is 28.7 Å². The van der Waals surface area contributed by atoms with Crippen LogP contribution in [0.2, 0.25) is 0 Å². The van der Waals surface area contributed by atoms with Crippen molar-refractivity contribution in [2.75, 3.05) is 5.32 Å². The van der Waals surface area contributed by atoms with Crippen molar-refractivity contribution in [3.63, 3.8) is 0 Å². The van der Waals surface area contributed by atoms with E-state index >= 15 is 0 Å². The summed E-state index contributed by atoms with van der Waals surface area (Å²) in [6, 6.07) is 6.66. The van der Waals surface area contributed by atoms with Gasteiger partial charge in [0.2, 0.25) is 5.95 Å². The topological polar surface area (TPSA) is 68.5 Å². The van der Waals surface area contributed by atoms with Crippen molar-refractivity contribution in [2.24, 2.45) is 0 Å². The molecule has 0 spiro atoms. The number of nitrogens with one attached hydrogen (secondary N) is 1. The third-order valence-corrected chi connectivity index (χ3v) is 3.74. The minimum absolute atomic E-state index is 0.389. The van der Waals surface area contributed by atoms with Crippen LogP contribution in [-0.4, -0.2) is 24.7 Å². The lowest BCUT2D eigenvalue weighted by Gasteiger charge is -2.09. The van der Waals surface area contributed by atoms with E-state index in [9.17, 15) is 0 Å². The highest BCUT2D eigenvalue weighted by molar-refractivity contribution is 5.76. The first-order valence-electron chi connectivity index (χ1n) is 7.42. The largest absolute Gasteiger partial charge is 0.349 e. The number of aromatic nitrogens is 5. The molecular weight excluding hydrogens is 276 g/mol. The van der Waals surface area contributed by atoms with Gasteiger partial charge in [-0.1, -0.05) is 6.07 Å². The fraction of sp³-hybridized carbons (Fsp3) is 0.375. The normalized spacial score (nSPS) is 11.3. The Bertz CT molecular complexity index is 806. The van der Waals surface area contributed by atoms with Crippen LogP contribution in [0.15, 0.2) is 24.5 Å². The number of aryl methyl sites for hydroxylation is 2. The first kappa shape index (κ1) is 14.4. The molecule has 2 heterocycles. The number of fused-ring (bicyclic) bond motifs is 1. The Balaban J connectivity index is 1.81. The van der Waals surface area contributed by atoms with Crippen molar-refractivity contribution >= 4 is 17.0 Å². The van der Waals surface area contributed by atoms with Gasteiger partial charge in [0.15, 0.2) is 0 Å². The molecule has 0 bridgehead atoms. The van der Waals surface area contributed by atoms with Gasteiger partial charge in [0, 0.05) is 12.6 Å². The van der Waals surface area contributed by atoms with Gasteiger partial charge < -0.3 is 9.88 Å². The van der Waals surface area contributed by atoms with E-state index in [2.05, 4.69) is 56.0 Å². The van der Waals surface area contributed by atoms with Crippen molar-refractivity contribution in [3.8, 4) is 0 Å². The third kappa shape index (κ3) is 2.77. The van der Waals surface area contributed by atoms with E-state index in [-0.39, 0.29) is 0 Å². The van der Waals surface area contributed by atoms with Gasteiger partial charge >= 0.3 is 0 Å². The Hall–Kier alpha value is -2.50. The predicted molar refractivity (Wildman–Crippen MR) is 86.7 cm³/mol. The molecule has 6 heteroatoms. The van der Waals surface area contributed by atoms with E-state index in [0.717, 1.165) is 28.0 Å². The SMILES string of the molecule is Cc1nnc(NCc2ccc3ncn(C(C)C)c3c2)nc1C. The molecule has 2 aromatic heterocycles. The lowest BCUT2D eigenvalue weighted by Crippen LogP contribution is -2.07. The summed E-state index contributed by atoms with van der Waals surface area (Å²) in [5.74, 6) is 0.556. The van der Waals surface area contributed by atoms with E-state index in [1.54, 1.807) is 0 Å². The number of benzene rings is 1. The van der Waals surface area contributed by atoms with Crippen LogP contribution in [0.5, 0.6) is 0 Å². The minimum Gasteiger partial charge on any atom is -0.349 e. The maximum Gasteiger partial charge on any atom is 0.243 e. The monoisotopic (exact) mass is 296 g/mol. The second kappa shape index (κ2) is 5.71. The number of rotatable bonds is 4. The number of anilines is 1. The highest BCUT2D eigenvalue weighted by Crippen LogP contribution is 2.19. The molecule has 114 valence electrons. The van der Waals surface area contributed by atoms with Crippen LogP contribution < -0.4 is 5.32 Å². The Labute approximate surface area is 129 Å². The van der Waals surface area contributed by atoms with E-state index in [4.69, 9.17) is 0 Å². The van der Waals surface area contributed by atoms with E-state index < -0.39 is 0 Å². The van der Waals surface area contributed by atoms with Crippen LogP contribution in [0.4, 0.5) is 5.95 Å². The summed E-state index contributed by atoms with van der Waals surface area (Å²) in [5.41, 5.74) is 5.07.